The molecule has 2 aromatic rings. The van der Waals surface area contributed by atoms with Crippen molar-refractivity contribution < 1.29 is 18.3 Å². The Labute approximate surface area is 135 Å². The van der Waals surface area contributed by atoms with E-state index in [4.69, 9.17) is 5.11 Å². The number of benzene rings is 2. The van der Waals surface area contributed by atoms with Crippen molar-refractivity contribution in [2.24, 2.45) is 0 Å². The Balaban J connectivity index is 1.90. The van der Waals surface area contributed by atoms with Gasteiger partial charge in [-0.05, 0) is 53.1 Å². The molecule has 3 rings (SSSR count). The van der Waals surface area contributed by atoms with Gasteiger partial charge in [0.05, 0.1) is 11.3 Å². The molecule has 1 unspecified atom stereocenters. The molecule has 1 atom stereocenters. The first-order valence-electron chi connectivity index (χ1n) is 7.50. The number of aliphatic carboxylic acids is 1. The summed E-state index contributed by atoms with van der Waals surface area (Å²) in [7, 11) is -3.19. The molecule has 5 heteroatoms. The number of hydrogen-bond donors (Lipinski definition) is 1. The van der Waals surface area contributed by atoms with Crippen LogP contribution in [-0.2, 0) is 21.1 Å². The largest absolute Gasteiger partial charge is 0.481 e. The minimum atomic E-state index is -3.19. The zero-order valence-corrected chi connectivity index (χ0v) is 13.6. The van der Waals surface area contributed by atoms with Gasteiger partial charge in [0.25, 0.3) is 0 Å². The van der Waals surface area contributed by atoms with Crippen LogP contribution in [0, 0.1) is 0 Å². The van der Waals surface area contributed by atoms with Crippen molar-refractivity contribution in [3.05, 3.63) is 53.6 Å². The molecular formula is C18H18O4S. The fourth-order valence-corrected chi connectivity index (χ4v) is 3.83. The molecule has 0 heterocycles. The molecule has 2 aromatic carbocycles. The second-order valence-electron chi connectivity index (χ2n) is 6.04. The lowest BCUT2D eigenvalue weighted by molar-refractivity contribution is -0.137. The van der Waals surface area contributed by atoms with Crippen LogP contribution in [0.1, 0.15) is 29.9 Å². The highest BCUT2D eigenvalue weighted by Crippen LogP contribution is 2.37. The van der Waals surface area contributed by atoms with E-state index >= 15 is 0 Å². The molecule has 0 amide bonds. The van der Waals surface area contributed by atoms with Gasteiger partial charge in [-0.1, -0.05) is 30.3 Å². The number of rotatable bonds is 4. The van der Waals surface area contributed by atoms with Crippen LogP contribution in [0.4, 0.5) is 0 Å². The van der Waals surface area contributed by atoms with Crippen LogP contribution < -0.4 is 0 Å². The van der Waals surface area contributed by atoms with E-state index in [0.717, 1.165) is 29.5 Å². The van der Waals surface area contributed by atoms with Crippen LogP contribution in [-0.4, -0.2) is 25.7 Å². The second kappa shape index (κ2) is 5.81. The van der Waals surface area contributed by atoms with Crippen molar-refractivity contribution in [2.45, 2.75) is 30.1 Å². The number of aryl methyl sites for hydroxylation is 1. The summed E-state index contributed by atoms with van der Waals surface area (Å²) in [5.41, 5.74) is 4.31. The van der Waals surface area contributed by atoms with Gasteiger partial charge in [-0.3, -0.25) is 4.79 Å². The van der Waals surface area contributed by atoms with E-state index in [0.29, 0.717) is 4.90 Å². The van der Waals surface area contributed by atoms with E-state index in [-0.39, 0.29) is 12.3 Å². The fourth-order valence-electron chi connectivity index (χ4n) is 3.20. The Bertz CT molecular complexity index is 851. The van der Waals surface area contributed by atoms with Crippen LogP contribution >= 0.6 is 0 Å². The molecule has 120 valence electrons. The summed E-state index contributed by atoms with van der Waals surface area (Å²) >= 11 is 0. The Kier molecular flexibility index (Phi) is 3.98. The van der Waals surface area contributed by atoms with Crippen LogP contribution in [0.25, 0.3) is 11.1 Å². The summed E-state index contributed by atoms with van der Waals surface area (Å²) in [6, 6.07) is 12.9. The monoisotopic (exact) mass is 330 g/mol. The average Bonchev–Trinajstić information content (AvgIpc) is 2.88. The van der Waals surface area contributed by atoms with Crippen LogP contribution in [0.15, 0.2) is 47.4 Å². The van der Waals surface area contributed by atoms with Crippen molar-refractivity contribution in [1.82, 2.24) is 0 Å². The molecule has 0 saturated heterocycles. The third kappa shape index (κ3) is 3.29. The van der Waals surface area contributed by atoms with Gasteiger partial charge in [0.1, 0.15) is 0 Å². The van der Waals surface area contributed by atoms with Gasteiger partial charge in [0.2, 0.25) is 0 Å². The van der Waals surface area contributed by atoms with Gasteiger partial charge >= 0.3 is 5.97 Å². The van der Waals surface area contributed by atoms with Gasteiger partial charge in [-0.15, -0.1) is 0 Å². The Morgan fingerprint density at radius 1 is 1.13 bits per heavy atom. The molecule has 0 aliphatic heterocycles. The zero-order valence-electron chi connectivity index (χ0n) is 12.8. The van der Waals surface area contributed by atoms with Crippen molar-refractivity contribution >= 4 is 15.8 Å². The van der Waals surface area contributed by atoms with Crippen molar-refractivity contribution in [1.29, 1.82) is 0 Å². The summed E-state index contributed by atoms with van der Waals surface area (Å²) in [5.74, 6) is -0.660. The molecule has 0 saturated carbocycles. The number of fused-ring (bicyclic) bond motifs is 1. The quantitative estimate of drug-likeness (QED) is 0.934. The average molecular weight is 330 g/mol. The van der Waals surface area contributed by atoms with E-state index in [2.05, 4.69) is 6.07 Å². The van der Waals surface area contributed by atoms with Gasteiger partial charge in [-0.2, -0.15) is 0 Å². The predicted molar refractivity (Wildman–Crippen MR) is 88.3 cm³/mol. The van der Waals surface area contributed by atoms with Gasteiger partial charge in [-0.25, -0.2) is 8.42 Å². The van der Waals surface area contributed by atoms with E-state index in [9.17, 15) is 13.2 Å². The SMILES string of the molecule is CS(=O)(=O)c1ccc(-c2ccc3c(c2)CCC3CC(=O)O)cc1. The molecule has 4 nitrogen and oxygen atoms in total. The van der Waals surface area contributed by atoms with Gasteiger partial charge < -0.3 is 5.11 Å². The first-order chi connectivity index (χ1) is 10.8. The van der Waals surface area contributed by atoms with Gasteiger partial charge in [0, 0.05) is 6.26 Å². The minimum Gasteiger partial charge on any atom is -0.481 e. The van der Waals surface area contributed by atoms with E-state index in [1.807, 2.05) is 24.3 Å². The number of carboxylic acids is 1. The lowest BCUT2D eigenvalue weighted by Crippen LogP contribution is -2.02. The molecule has 1 N–H and O–H groups in total. The number of carboxylic acid groups (broad SMARTS) is 1. The molecule has 0 spiro atoms. The van der Waals surface area contributed by atoms with Crippen LogP contribution in [0.5, 0.6) is 0 Å². The summed E-state index contributed by atoms with van der Waals surface area (Å²) in [4.78, 5) is 11.2. The van der Waals surface area contributed by atoms with E-state index < -0.39 is 15.8 Å². The standard InChI is InChI=1S/C18H18O4S/c1-23(21,22)16-7-4-12(5-8-16)13-6-9-17-14(10-13)2-3-15(17)11-18(19)20/h4-10,15H,2-3,11H2,1H3,(H,19,20). The highest BCUT2D eigenvalue weighted by molar-refractivity contribution is 7.90. The third-order valence-corrected chi connectivity index (χ3v) is 5.51. The fraction of sp³-hybridized carbons (Fsp3) is 0.278. The number of sulfone groups is 1. The lowest BCUT2D eigenvalue weighted by Gasteiger charge is -2.10. The molecule has 1 aliphatic carbocycles. The molecule has 0 fully saturated rings. The summed E-state index contributed by atoms with van der Waals surface area (Å²) in [5, 5.41) is 8.97. The maximum Gasteiger partial charge on any atom is 0.303 e. The zero-order chi connectivity index (χ0) is 16.6. The first-order valence-corrected chi connectivity index (χ1v) is 9.39. The molecule has 0 bridgehead atoms. The molecule has 23 heavy (non-hydrogen) atoms. The maximum absolute atomic E-state index is 11.5. The second-order valence-corrected chi connectivity index (χ2v) is 8.06. The third-order valence-electron chi connectivity index (χ3n) is 4.38. The van der Waals surface area contributed by atoms with Gasteiger partial charge in [0.15, 0.2) is 9.84 Å². The smallest absolute Gasteiger partial charge is 0.303 e. The minimum absolute atomic E-state index is 0.101. The van der Waals surface area contributed by atoms with Crippen molar-refractivity contribution in [3.63, 3.8) is 0 Å². The Morgan fingerprint density at radius 2 is 1.78 bits per heavy atom. The van der Waals surface area contributed by atoms with Crippen molar-refractivity contribution in [3.8, 4) is 11.1 Å². The molecule has 0 aromatic heterocycles. The number of carbonyl (C=O) groups is 1. The summed E-state index contributed by atoms with van der Waals surface area (Å²) in [6.45, 7) is 0. The first kappa shape index (κ1) is 15.7. The van der Waals surface area contributed by atoms with Crippen molar-refractivity contribution in [2.75, 3.05) is 6.26 Å². The lowest BCUT2D eigenvalue weighted by atomic mass is 9.95. The molecular weight excluding hydrogens is 312 g/mol. The Morgan fingerprint density at radius 3 is 2.39 bits per heavy atom. The Hall–Kier alpha value is -2.14. The normalized spacial score (nSPS) is 17.0. The van der Waals surface area contributed by atoms with Crippen LogP contribution in [0.2, 0.25) is 0 Å². The molecule has 0 radical (unpaired) electrons. The highest BCUT2D eigenvalue weighted by atomic mass is 32.2. The highest BCUT2D eigenvalue weighted by Gasteiger charge is 2.24. The van der Waals surface area contributed by atoms with E-state index in [1.54, 1.807) is 12.1 Å². The molecule has 1 aliphatic rings. The van der Waals surface area contributed by atoms with E-state index in [1.165, 1.54) is 11.8 Å². The summed E-state index contributed by atoms with van der Waals surface area (Å²) < 4.78 is 23.0. The topological polar surface area (TPSA) is 71.4 Å². The summed E-state index contributed by atoms with van der Waals surface area (Å²) in [6.07, 6.45) is 3.13. The predicted octanol–water partition coefficient (Wildman–Crippen LogP) is 3.26. The number of hydrogen-bond acceptors (Lipinski definition) is 3. The van der Waals surface area contributed by atoms with Crippen LogP contribution in [0.3, 0.4) is 0 Å². The maximum atomic E-state index is 11.5.